The first kappa shape index (κ1) is 16.6. The molecule has 5 heteroatoms. The van der Waals surface area contributed by atoms with Crippen molar-refractivity contribution in [2.75, 3.05) is 7.05 Å². The smallest absolute Gasteiger partial charge is 0.243 e. The second-order valence-electron chi connectivity index (χ2n) is 4.93. The van der Waals surface area contributed by atoms with Crippen LogP contribution in [-0.2, 0) is 14.4 Å². The van der Waals surface area contributed by atoms with E-state index >= 15 is 0 Å². The van der Waals surface area contributed by atoms with Gasteiger partial charge in [-0.15, -0.1) is 0 Å². The van der Waals surface area contributed by atoms with Gasteiger partial charge < -0.3 is 15.0 Å². The Kier molecular flexibility index (Phi) is 7.24. The maximum atomic E-state index is 12.1. The van der Waals surface area contributed by atoms with E-state index in [0.29, 0.717) is 18.8 Å². The number of amides is 2. The molecule has 18 heavy (non-hydrogen) atoms. The summed E-state index contributed by atoms with van der Waals surface area (Å²) in [6, 6.07) is -0.996. The number of hydrogen-bond acceptors (Lipinski definition) is 3. The van der Waals surface area contributed by atoms with Gasteiger partial charge in [0.05, 0.1) is 6.04 Å². The molecule has 0 radical (unpaired) electrons. The second-order valence-corrected chi connectivity index (χ2v) is 4.93. The van der Waals surface area contributed by atoms with Gasteiger partial charge in [0.2, 0.25) is 11.8 Å². The summed E-state index contributed by atoms with van der Waals surface area (Å²) in [6.07, 6.45) is 1.85. The Hall–Kier alpha value is -1.39. The molecule has 0 aliphatic rings. The zero-order valence-electron chi connectivity index (χ0n) is 11.9. The van der Waals surface area contributed by atoms with Gasteiger partial charge in [0.15, 0.2) is 0 Å². The van der Waals surface area contributed by atoms with Crippen LogP contribution in [0.4, 0.5) is 0 Å². The van der Waals surface area contributed by atoms with Crippen LogP contribution in [0.3, 0.4) is 0 Å². The Morgan fingerprint density at radius 2 is 1.89 bits per heavy atom. The summed E-state index contributed by atoms with van der Waals surface area (Å²) in [5, 5.41) is 2.66. The van der Waals surface area contributed by atoms with E-state index < -0.39 is 12.1 Å². The lowest BCUT2D eigenvalue weighted by molar-refractivity contribution is -0.138. The lowest BCUT2D eigenvalue weighted by Gasteiger charge is -2.28. The molecule has 2 atom stereocenters. The highest BCUT2D eigenvalue weighted by molar-refractivity contribution is 5.88. The Morgan fingerprint density at radius 1 is 1.33 bits per heavy atom. The molecule has 0 aromatic heterocycles. The van der Waals surface area contributed by atoms with E-state index in [0.717, 1.165) is 6.29 Å². The highest BCUT2D eigenvalue weighted by Crippen LogP contribution is 2.11. The summed E-state index contributed by atoms with van der Waals surface area (Å²) in [7, 11) is 1.61. The van der Waals surface area contributed by atoms with Gasteiger partial charge in [0.25, 0.3) is 0 Å². The van der Waals surface area contributed by atoms with Crippen molar-refractivity contribution in [1.29, 1.82) is 0 Å². The number of carbonyl (C=O) groups is 3. The molecule has 0 saturated carbocycles. The fourth-order valence-electron chi connectivity index (χ4n) is 1.62. The summed E-state index contributed by atoms with van der Waals surface area (Å²) < 4.78 is 0. The van der Waals surface area contributed by atoms with E-state index in [9.17, 15) is 14.4 Å². The molecule has 1 N–H and O–H groups in total. The standard InChI is InChI=1S/C13H24N2O3/c1-6-11(8-16)14-13(18)12(7-9(2)3)15(5)10(4)17/h8-9,11-12H,6-7H2,1-5H3,(H,14,18). The largest absolute Gasteiger partial charge is 0.345 e. The van der Waals surface area contributed by atoms with Crippen LogP contribution >= 0.6 is 0 Å². The number of nitrogens with zero attached hydrogens (tertiary/aromatic N) is 1. The summed E-state index contributed by atoms with van der Waals surface area (Å²) >= 11 is 0. The zero-order chi connectivity index (χ0) is 14.3. The van der Waals surface area contributed by atoms with Crippen molar-refractivity contribution < 1.29 is 14.4 Å². The van der Waals surface area contributed by atoms with Crippen molar-refractivity contribution in [1.82, 2.24) is 10.2 Å². The molecule has 5 nitrogen and oxygen atoms in total. The molecular weight excluding hydrogens is 232 g/mol. The van der Waals surface area contributed by atoms with Gasteiger partial charge in [0.1, 0.15) is 12.3 Å². The highest BCUT2D eigenvalue weighted by Gasteiger charge is 2.27. The van der Waals surface area contributed by atoms with Gasteiger partial charge >= 0.3 is 0 Å². The molecule has 0 rings (SSSR count). The lowest BCUT2D eigenvalue weighted by atomic mass is 10.0. The molecule has 104 valence electrons. The third kappa shape index (κ3) is 5.29. The molecule has 0 heterocycles. The third-order valence-corrected chi connectivity index (χ3v) is 2.89. The predicted molar refractivity (Wildman–Crippen MR) is 70.0 cm³/mol. The van der Waals surface area contributed by atoms with E-state index in [2.05, 4.69) is 5.32 Å². The van der Waals surface area contributed by atoms with Crippen LogP contribution in [-0.4, -0.2) is 42.1 Å². The van der Waals surface area contributed by atoms with Gasteiger partial charge in [-0.3, -0.25) is 9.59 Å². The first-order valence-electron chi connectivity index (χ1n) is 6.32. The molecule has 2 amide bonds. The fourth-order valence-corrected chi connectivity index (χ4v) is 1.62. The van der Waals surface area contributed by atoms with Crippen molar-refractivity contribution in [3.05, 3.63) is 0 Å². The Balaban J connectivity index is 4.79. The number of likely N-dealkylation sites (N-methyl/N-ethyl adjacent to an activating group) is 1. The third-order valence-electron chi connectivity index (χ3n) is 2.89. The zero-order valence-corrected chi connectivity index (χ0v) is 11.9. The number of hydrogen-bond donors (Lipinski definition) is 1. The van der Waals surface area contributed by atoms with Crippen LogP contribution in [0, 0.1) is 5.92 Å². The van der Waals surface area contributed by atoms with E-state index in [1.54, 1.807) is 7.05 Å². The molecular formula is C13H24N2O3. The molecule has 0 fully saturated rings. The van der Waals surface area contributed by atoms with Crippen molar-refractivity contribution in [2.24, 2.45) is 5.92 Å². The molecule has 0 aromatic rings. The fraction of sp³-hybridized carbons (Fsp3) is 0.769. The Labute approximate surface area is 109 Å². The number of nitrogens with one attached hydrogen (secondary N) is 1. The molecule has 0 saturated heterocycles. The molecule has 0 aliphatic heterocycles. The van der Waals surface area contributed by atoms with Crippen molar-refractivity contribution in [3.63, 3.8) is 0 Å². The van der Waals surface area contributed by atoms with E-state index in [1.807, 2.05) is 20.8 Å². The molecule has 0 bridgehead atoms. The van der Waals surface area contributed by atoms with Gasteiger partial charge in [-0.1, -0.05) is 20.8 Å². The van der Waals surface area contributed by atoms with Gasteiger partial charge in [-0.25, -0.2) is 0 Å². The summed E-state index contributed by atoms with van der Waals surface area (Å²) in [5.41, 5.74) is 0. The van der Waals surface area contributed by atoms with Crippen molar-refractivity contribution in [2.45, 2.75) is 52.6 Å². The van der Waals surface area contributed by atoms with Crippen LogP contribution in [0.15, 0.2) is 0 Å². The SMILES string of the molecule is CCC(C=O)NC(=O)C(CC(C)C)N(C)C(C)=O. The summed E-state index contributed by atoms with van der Waals surface area (Å²) in [5.74, 6) is -0.130. The van der Waals surface area contributed by atoms with Crippen molar-refractivity contribution >= 4 is 18.1 Å². The summed E-state index contributed by atoms with van der Waals surface area (Å²) in [6.45, 7) is 7.24. The molecule has 0 aromatic carbocycles. The normalized spacial score (nSPS) is 13.9. The van der Waals surface area contributed by atoms with Gasteiger partial charge in [0, 0.05) is 14.0 Å². The summed E-state index contributed by atoms with van der Waals surface area (Å²) in [4.78, 5) is 35.6. The molecule has 0 aliphatic carbocycles. The topological polar surface area (TPSA) is 66.5 Å². The average Bonchev–Trinajstić information content (AvgIpc) is 2.31. The maximum Gasteiger partial charge on any atom is 0.243 e. The predicted octanol–water partition coefficient (Wildman–Crippen LogP) is 0.973. The number of carbonyl (C=O) groups excluding carboxylic acids is 3. The quantitative estimate of drug-likeness (QED) is 0.690. The lowest BCUT2D eigenvalue weighted by Crippen LogP contribution is -2.50. The minimum Gasteiger partial charge on any atom is -0.345 e. The molecule has 2 unspecified atom stereocenters. The van der Waals surface area contributed by atoms with Crippen LogP contribution in [0.25, 0.3) is 0 Å². The van der Waals surface area contributed by atoms with Crippen LogP contribution < -0.4 is 5.32 Å². The number of rotatable bonds is 7. The van der Waals surface area contributed by atoms with Crippen LogP contribution in [0.5, 0.6) is 0 Å². The average molecular weight is 256 g/mol. The first-order valence-corrected chi connectivity index (χ1v) is 6.32. The van der Waals surface area contributed by atoms with E-state index in [-0.39, 0.29) is 11.8 Å². The maximum absolute atomic E-state index is 12.1. The van der Waals surface area contributed by atoms with E-state index in [4.69, 9.17) is 0 Å². The molecule has 0 spiro atoms. The minimum atomic E-state index is -0.517. The monoisotopic (exact) mass is 256 g/mol. The van der Waals surface area contributed by atoms with Gasteiger partial charge in [-0.05, 0) is 18.8 Å². The highest BCUT2D eigenvalue weighted by atomic mass is 16.2. The van der Waals surface area contributed by atoms with Crippen LogP contribution in [0.1, 0.15) is 40.5 Å². The van der Waals surface area contributed by atoms with E-state index in [1.165, 1.54) is 11.8 Å². The second kappa shape index (κ2) is 7.84. The van der Waals surface area contributed by atoms with Gasteiger partial charge in [-0.2, -0.15) is 0 Å². The Bertz CT molecular complexity index is 303. The van der Waals surface area contributed by atoms with Crippen molar-refractivity contribution in [3.8, 4) is 0 Å². The number of aldehydes is 1. The Morgan fingerprint density at radius 3 is 2.22 bits per heavy atom. The van der Waals surface area contributed by atoms with Crippen LogP contribution in [0.2, 0.25) is 0 Å². The first-order chi connectivity index (χ1) is 8.33. The minimum absolute atomic E-state index is 0.157.